The van der Waals surface area contributed by atoms with Crippen LogP contribution in [-0.2, 0) is 14.8 Å². The second-order valence-corrected chi connectivity index (χ2v) is 9.25. The molecule has 6 nitrogen and oxygen atoms in total. The van der Waals surface area contributed by atoms with E-state index in [0.717, 1.165) is 22.4 Å². The molecule has 2 rings (SSSR count). The lowest BCUT2D eigenvalue weighted by Gasteiger charge is -2.19. The summed E-state index contributed by atoms with van der Waals surface area (Å²) in [7, 11) is -3.48. The van der Waals surface area contributed by atoms with Crippen LogP contribution in [0.25, 0.3) is 0 Å². The van der Waals surface area contributed by atoms with Crippen molar-refractivity contribution >= 4 is 15.9 Å². The van der Waals surface area contributed by atoms with Crippen molar-refractivity contribution in [3.05, 3.63) is 59.2 Å². The quantitative estimate of drug-likeness (QED) is 0.616. The van der Waals surface area contributed by atoms with Crippen LogP contribution in [-0.4, -0.2) is 38.3 Å². The maximum absolute atomic E-state index is 12.6. The summed E-state index contributed by atoms with van der Waals surface area (Å²) in [5.74, 6) is 0.675. The highest BCUT2D eigenvalue weighted by Crippen LogP contribution is 2.21. The average Bonchev–Trinajstić information content (AvgIpc) is 2.71. The summed E-state index contributed by atoms with van der Waals surface area (Å²) >= 11 is 0. The zero-order valence-electron chi connectivity index (χ0n) is 18.4. The molecule has 1 atom stereocenters. The van der Waals surface area contributed by atoms with Gasteiger partial charge in [0, 0.05) is 13.1 Å². The molecule has 7 heteroatoms. The summed E-state index contributed by atoms with van der Waals surface area (Å²) in [6.07, 6.45) is 0.242. The van der Waals surface area contributed by atoms with Gasteiger partial charge in [-0.25, -0.2) is 8.42 Å². The van der Waals surface area contributed by atoms with Crippen molar-refractivity contribution in [2.45, 2.75) is 52.0 Å². The van der Waals surface area contributed by atoms with E-state index in [1.807, 2.05) is 52.8 Å². The Morgan fingerprint density at radius 2 is 1.70 bits per heavy atom. The van der Waals surface area contributed by atoms with Crippen LogP contribution in [0.4, 0.5) is 0 Å². The Morgan fingerprint density at radius 3 is 2.30 bits per heavy atom. The number of rotatable bonds is 10. The molecule has 2 aromatic carbocycles. The Morgan fingerprint density at radius 1 is 1.07 bits per heavy atom. The van der Waals surface area contributed by atoms with Gasteiger partial charge in [0.1, 0.15) is 5.75 Å². The molecular weight excluding hydrogens is 400 g/mol. The normalized spacial score (nSPS) is 12.6. The smallest absolute Gasteiger partial charge is 0.243 e. The van der Waals surface area contributed by atoms with Gasteiger partial charge in [0.15, 0.2) is 0 Å². The molecule has 1 N–H and O–H groups in total. The Hall–Kier alpha value is -2.38. The number of benzene rings is 2. The fourth-order valence-electron chi connectivity index (χ4n) is 3.15. The average molecular weight is 433 g/mol. The first-order valence-electron chi connectivity index (χ1n) is 10.3. The lowest BCUT2D eigenvalue weighted by atomic mass is 10.1. The molecule has 0 aliphatic heterocycles. The molecule has 0 aliphatic carbocycles. The van der Waals surface area contributed by atoms with Gasteiger partial charge < -0.3 is 10.1 Å². The maximum atomic E-state index is 12.6. The molecule has 30 heavy (non-hydrogen) atoms. The predicted molar refractivity (Wildman–Crippen MR) is 119 cm³/mol. The van der Waals surface area contributed by atoms with Gasteiger partial charge in [0.2, 0.25) is 15.9 Å². The number of carbonyl (C=O) groups excluding carboxylic acids is 1. The summed E-state index contributed by atoms with van der Waals surface area (Å²) in [4.78, 5) is 12.5. The first-order valence-corrected chi connectivity index (χ1v) is 11.7. The van der Waals surface area contributed by atoms with Crippen LogP contribution < -0.4 is 10.1 Å². The molecule has 0 bridgehead atoms. The minimum atomic E-state index is -3.48. The Labute approximate surface area is 180 Å². The summed E-state index contributed by atoms with van der Waals surface area (Å²) < 4.78 is 32.3. The molecule has 0 aliphatic rings. The largest absolute Gasteiger partial charge is 0.493 e. The Balaban J connectivity index is 1.91. The number of aryl methyl sites for hydroxylation is 2. The van der Waals surface area contributed by atoms with Crippen molar-refractivity contribution in [3.63, 3.8) is 0 Å². The minimum Gasteiger partial charge on any atom is -0.493 e. The van der Waals surface area contributed by atoms with E-state index in [2.05, 4.69) is 5.32 Å². The number of amides is 1. The van der Waals surface area contributed by atoms with E-state index in [4.69, 9.17) is 4.74 Å². The first kappa shape index (κ1) is 23.9. The highest BCUT2D eigenvalue weighted by atomic mass is 32.2. The van der Waals surface area contributed by atoms with Gasteiger partial charge in [-0.2, -0.15) is 4.31 Å². The third-order valence-corrected chi connectivity index (χ3v) is 7.10. The first-order chi connectivity index (χ1) is 14.2. The molecule has 0 saturated carbocycles. The SMILES string of the molecule is CCN(CC)S(=O)(=O)c1ccc(C(C)NC(=O)CCOc2cc(C)ccc2C)cc1. The molecule has 0 saturated heterocycles. The fourth-order valence-corrected chi connectivity index (χ4v) is 4.61. The van der Waals surface area contributed by atoms with E-state index < -0.39 is 10.0 Å². The predicted octanol–water partition coefficient (Wildman–Crippen LogP) is 3.98. The molecular formula is C23H32N2O4S. The third kappa shape index (κ3) is 6.06. The molecule has 0 fully saturated rings. The second kappa shape index (κ2) is 10.6. The van der Waals surface area contributed by atoms with Gasteiger partial charge in [-0.1, -0.05) is 38.1 Å². The molecule has 164 valence electrons. The minimum absolute atomic E-state index is 0.118. The summed E-state index contributed by atoms with van der Waals surface area (Å²) in [6.45, 7) is 10.6. The number of hydrogen-bond donors (Lipinski definition) is 1. The molecule has 1 amide bonds. The van der Waals surface area contributed by atoms with Gasteiger partial charge in [0.25, 0.3) is 0 Å². The monoisotopic (exact) mass is 432 g/mol. The molecule has 0 radical (unpaired) electrons. The van der Waals surface area contributed by atoms with Crippen LogP contribution in [0.5, 0.6) is 5.75 Å². The van der Waals surface area contributed by atoms with Gasteiger partial charge >= 0.3 is 0 Å². The van der Waals surface area contributed by atoms with Crippen molar-refractivity contribution in [1.29, 1.82) is 0 Å². The van der Waals surface area contributed by atoms with Crippen LogP contribution in [0, 0.1) is 13.8 Å². The molecule has 0 aromatic heterocycles. The van der Waals surface area contributed by atoms with E-state index in [1.165, 1.54) is 4.31 Å². The van der Waals surface area contributed by atoms with E-state index >= 15 is 0 Å². The molecule has 1 unspecified atom stereocenters. The van der Waals surface area contributed by atoms with Crippen molar-refractivity contribution in [3.8, 4) is 5.75 Å². The number of nitrogens with one attached hydrogen (secondary N) is 1. The molecule has 2 aromatic rings. The standard InChI is InChI=1S/C23H32N2O4S/c1-6-25(7-2)30(27,28)21-12-10-20(11-13-21)19(5)24-23(26)14-15-29-22-16-17(3)8-9-18(22)4/h8-13,16,19H,6-7,14-15H2,1-5H3,(H,24,26). The number of ether oxygens (including phenoxy) is 1. The number of hydrogen-bond acceptors (Lipinski definition) is 4. The topological polar surface area (TPSA) is 75.7 Å². The summed E-state index contributed by atoms with van der Waals surface area (Å²) in [5.41, 5.74) is 2.99. The van der Waals surface area contributed by atoms with Crippen LogP contribution in [0.1, 0.15) is 49.9 Å². The van der Waals surface area contributed by atoms with Crippen molar-refractivity contribution < 1.29 is 17.9 Å². The number of sulfonamides is 1. The van der Waals surface area contributed by atoms with Gasteiger partial charge in [-0.05, 0) is 55.7 Å². The van der Waals surface area contributed by atoms with E-state index in [0.29, 0.717) is 19.7 Å². The van der Waals surface area contributed by atoms with Crippen molar-refractivity contribution in [2.75, 3.05) is 19.7 Å². The van der Waals surface area contributed by atoms with E-state index in [9.17, 15) is 13.2 Å². The van der Waals surface area contributed by atoms with Crippen molar-refractivity contribution in [2.24, 2.45) is 0 Å². The molecule has 0 heterocycles. The highest BCUT2D eigenvalue weighted by Gasteiger charge is 2.21. The van der Waals surface area contributed by atoms with Gasteiger partial charge in [-0.15, -0.1) is 0 Å². The highest BCUT2D eigenvalue weighted by molar-refractivity contribution is 7.89. The number of carbonyl (C=O) groups is 1. The zero-order valence-corrected chi connectivity index (χ0v) is 19.3. The molecule has 0 spiro atoms. The zero-order chi connectivity index (χ0) is 22.3. The number of nitrogens with zero attached hydrogens (tertiary/aromatic N) is 1. The van der Waals surface area contributed by atoms with Gasteiger partial charge in [-0.3, -0.25) is 4.79 Å². The van der Waals surface area contributed by atoms with Gasteiger partial charge in [0.05, 0.1) is 24.0 Å². The summed E-state index contributed by atoms with van der Waals surface area (Å²) in [6, 6.07) is 12.4. The Bertz CT molecular complexity index is 952. The maximum Gasteiger partial charge on any atom is 0.243 e. The van der Waals surface area contributed by atoms with E-state index in [1.54, 1.807) is 24.3 Å². The van der Waals surface area contributed by atoms with Crippen LogP contribution in [0.15, 0.2) is 47.4 Å². The van der Waals surface area contributed by atoms with Crippen LogP contribution in [0.3, 0.4) is 0 Å². The van der Waals surface area contributed by atoms with Crippen LogP contribution in [0.2, 0.25) is 0 Å². The lowest BCUT2D eigenvalue weighted by Crippen LogP contribution is -2.30. The summed E-state index contributed by atoms with van der Waals surface area (Å²) in [5, 5.41) is 2.93. The van der Waals surface area contributed by atoms with Crippen LogP contribution >= 0.6 is 0 Å². The second-order valence-electron chi connectivity index (χ2n) is 7.31. The van der Waals surface area contributed by atoms with Crippen molar-refractivity contribution in [1.82, 2.24) is 9.62 Å². The van der Waals surface area contributed by atoms with E-state index in [-0.39, 0.29) is 23.3 Å². The third-order valence-electron chi connectivity index (χ3n) is 5.03. The lowest BCUT2D eigenvalue weighted by molar-refractivity contribution is -0.122. The fraction of sp³-hybridized carbons (Fsp3) is 0.435. The Kier molecular flexibility index (Phi) is 8.43.